The van der Waals surface area contributed by atoms with E-state index in [0.29, 0.717) is 13.1 Å². The molecule has 2 rings (SSSR count). The van der Waals surface area contributed by atoms with Gasteiger partial charge in [-0.3, -0.25) is 9.59 Å². The third-order valence-corrected chi connectivity index (χ3v) is 4.33. The van der Waals surface area contributed by atoms with Crippen molar-refractivity contribution in [2.75, 3.05) is 13.1 Å². The molecule has 6 heteroatoms. The number of amides is 2. The van der Waals surface area contributed by atoms with Crippen molar-refractivity contribution in [3.8, 4) is 5.75 Å². The van der Waals surface area contributed by atoms with Gasteiger partial charge in [-0.15, -0.1) is 0 Å². The van der Waals surface area contributed by atoms with E-state index in [-0.39, 0.29) is 35.1 Å². The average molecular weight is 369 g/mol. The van der Waals surface area contributed by atoms with Gasteiger partial charge in [0.2, 0.25) is 5.91 Å². The van der Waals surface area contributed by atoms with E-state index in [2.05, 4.69) is 21.2 Å². The molecule has 5 nitrogen and oxygen atoms in total. The Morgan fingerprint density at radius 1 is 1.32 bits per heavy atom. The number of aromatic hydroxyl groups is 1. The summed E-state index contributed by atoms with van der Waals surface area (Å²) in [6.07, 6.45) is 1.47. The van der Waals surface area contributed by atoms with E-state index in [1.165, 1.54) is 6.07 Å². The molecule has 0 atom stereocenters. The Kier molecular flexibility index (Phi) is 5.45. The number of piperidine rings is 1. The van der Waals surface area contributed by atoms with E-state index in [9.17, 15) is 14.7 Å². The number of hydrogen-bond donors (Lipinski definition) is 2. The Labute approximate surface area is 138 Å². The van der Waals surface area contributed by atoms with Gasteiger partial charge < -0.3 is 15.3 Å². The van der Waals surface area contributed by atoms with Crippen LogP contribution in [0.5, 0.6) is 5.75 Å². The molecule has 0 bridgehead atoms. The van der Waals surface area contributed by atoms with Crippen LogP contribution in [0.3, 0.4) is 0 Å². The zero-order chi connectivity index (χ0) is 16.3. The Morgan fingerprint density at radius 2 is 1.95 bits per heavy atom. The molecule has 1 aromatic carbocycles. The van der Waals surface area contributed by atoms with Gasteiger partial charge in [0.1, 0.15) is 5.75 Å². The summed E-state index contributed by atoms with van der Waals surface area (Å²) in [5, 5.41) is 12.7. The monoisotopic (exact) mass is 368 g/mol. The van der Waals surface area contributed by atoms with Gasteiger partial charge >= 0.3 is 0 Å². The van der Waals surface area contributed by atoms with E-state index in [0.717, 1.165) is 17.3 Å². The highest BCUT2D eigenvalue weighted by atomic mass is 79.9. The lowest BCUT2D eigenvalue weighted by Crippen LogP contribution is -2.47. The zero-order valence-electron chi connectivity index (χ0n) is 12.8. The van der Waals surface area contributed by atoms with Crippen molar-refractivity contribution in [1.29, 1.82) is 0 Å². The maximum atomic E-state index is 12.2. The first-order valence-corrected chi connectivity index (χ1v) is 8.26. The molecule has 1 aromatic rings. The number of phenolic OH excluding ortho intramolecular Hbond substituents is 1. The topological polar surface area (TPSA) is 69.6 Å². The molecule has 0 aromatic heterocycles. The highest BCUT2D eigenvalue weighted by molar-refractivity contribution is 9.10. The van der Waals surface area contributed by atoms with Crippen LogP contribution in [-0.4, -0.2) is 41.0 Å². The summed E-state index contributed by atoms with van der Waals surface area (Å²) in [6.45, 7) is 5.11. The lowest BCUT2D eigenvalue weighted by atomic mass is 10.0. The fourth-order valence-electron chi connectivity index (χ4n) is 2.56. The number of carbonyl (C=O) groups is 2. The number of phenols is 1. The van der Waals surface area contributed by atoms with E-state index >= 15 is 0 Å². The van der Waals surface area contributed by atoms with Crippen LogP contribution in [0, 0.1) is 5.92 Å². The van der Waals surface area contributed by atoms with Crippen molar-refractivity contribution in [1.82, 2.24) is 10.2 Å². The van der Waals surface area contributed by atoms with E-state index in [1.807, 2.05) is 18.7 Å². The van der Waals surface area contributed by atoms with Gasteiger partial charge in [-0.25, -0.2) is 0 Å². The van der Waals surface area contributed by atoms with Crippen molar-refractivity contribution >= 4 is 27.7 Å². The van der Waals surface area contributed by atoms with Crippen molar-refractivity contribution in [3.05, 3.63) is 28.2 Å². The molecule has 1 fully saturated rings. The van der Waals surface area contributed by atoms with Crippen LogP contribution in [0.25, 0.3) is 0 Å². The Morgan fingerprint density at radius 3 is 2.55 bits per heavy atom. The molecule has 1 aliphatic heterocycles. The lowest BCUT2D eigenvalue weighted by Gasteiger charge is -2.33. The summed E-state index contributed by atoms with van der Waals surface area (Å²) in [5.41, 5.74) is 0.259. The fourth-order valence-corrected chi connectivity index (χ4v) is 2.92. The van der Waals surface area contributed by atoms with Gasteiger partial charge in [-0.1, -0.05) is 29.8 Å². The van der Waals surface area contributed by atoms with E-state index in [1.54, 1.807) is 12.1 Å². The minimum atomic E-state index is -0.285. The molecular formula is C16H21BrN2O3. The number of nitrogens with zero attached hydrogens (tertiary/aromatic N) is 1. The lowest BCUT2D eigenvalue weighted by molar-refractivity contribution is -0.135. The quantitative estimate of drug-likeness (QED) is 0.860. The largest absolute Gasteiger partial charge is 0.507 e. The predicted octanol–water partition coefficient (Wildman–Crippen LogP) is 2.53. The highest BCUT2D eigenvalue weighted by Gasteiger charge is 2.25. The van der Waals surface area contributed by atoms with Crippen LogP contribution in [-0.2, 0) is 4.79 Å². The van der Waals surface area contributed by atoms with Gasteiger partial charge in [0, 0.05) is 29.5 Å². The van der Waals surface area contributed by atoms with Gasteiger partial charge in [0.25, 0.3) is 5.91 Å². The zero-order valence-corrected chi connectivity index (χ0v) is 14.4. The minimum absolute atomic E-state index is 0.00440. The first kappa shape index (κ1) is 16.8. The summed E-state index contributed by atoms with van der Waals surface area (Å²) < 4.78 is 0.743. The maximum absolute atomic E-state index is 12.2. The summed E-state index contributed by atoms with van der Waals surface area (Å²) >= 11 is 3.29. The van der Waals surface area contributed by atoms with Crippen molar-refractivity contribution < 1.29 is 14.7 Å². The molecule has 0 saturated carbocycles. The standard InChI is InChI=1S/C16H21BrN2O3/c1-10(2)16(22)19-7-5-12(6-8-19)18-15(21)13-9-11(17)3-4-14(13)20/h3-4,9-10,12,20H,5-8H2,1-2H3,(H,18,21). The molecule has 120 valence electrons. The van der Waals surface area contributed by atoms with Crippen LogP contribution in [0.1, 0.15) is 37.0 Å². The smallest absolute Gasteiger partial charge is 0.255 e. The molecular weight excluding hydrogens is 348 g/mol. The molecule has 1 saturated heterocycles. The average Bonchev–Trinajstić information content (AvgIpc) is 2.49. The third kappa shape index (κ3) is 4.00. The van der Waals surface area contributed by atoms with Crippen LogP contribution in [0.15, 0.2) is 22.7 Å². The third-order valence-electron chi connectivity index (χ3n) is 3.84. The number of carbonyl (C=O) groups excluding carboxylic acids is 2. The molecule has 0 unspecified atom stereocenters. The summed E-state index contributed by atoms with van der Waals surface area (Å²) in [5.74, 6) is -0.153. The van der Waals surface area contributed by atoms with Crippen LogP contribution in [0.2, 0.25) is 0 Å². The fraction of sp³-hybridized carbons (Fsp3) is 0.500. The number of nitrogens with one attached hydrogen (secondary N) is 1. The van der Waals surface area contributed by atoms with E-state index < -0.39 is 0 Å². The summed E-state index contributed by atoms with van der Waals surface area (Å²) in [4.78, 5) is 26.0. The van der Waals surface area contributed by atoms with E-state index in [4.69, 9.17) is 0 Å². The molecule has 0 radical (unpaired) electrons. The van der Waals surface area contributed by atoms with Gasteiger partial charge in [0.05, 0.1) is 5.56 Å². The van der Waals surface area contributed by atoms with Crippen LogP contribution < -0.4 is 5.32 Å². The molecule has 22 heavy (non-hydrogen) atoms. The Balaban J connectivity index is 1.92. The number of hydrogen-bond acceptors (Lipinski definition) is 3. The first-order chi connectivity index (χ1) is 10.4. The Bertz CT molecular complexity index is 567. The first-order valence-electron chi connectivity index (χ1n) is 7.46. The normalized spacial score (nSPS) is 15.9. The summed E-state index contributed by atoms with van der Waals surface area (Å²) in [6, 6.07) is 4.80. The highest BCUT2D eigenvalue weighted by Crippen LogP contribution is 2.22. The van der Waals surface area contributed by atoms with Crippen LogP contribution in [0.4, 0.5) is 0 Å². The van der Waals surface area contributed by atoms with Crippen molar-refractivity contribution in [2.45, 2.75) is 32.7 Å². The minimum Gasteiger partial charge on any atom is -0.507 e. The Hall–Kier alpha value is -1.56. The number of rotatable bonds is 3. The second kappa shape index (κ2) is 7.13. The van der Waals surface area contributed by atoms with Crippen molar-refractivity contribution in [3.63, 3.8) is 0 Å². The number of halogens is 1. The molecule has 1 aliphatic rings. The second-order valence-electron chi connectivity index (χ2n) is 5.89. The SMILES string of the molecule is CC(C)C(=O)N1CCC(NC(=O)c2cc(Br)ccc2O)CC1. The molecule has 2 N–H and O–H groups in total. The summed E-state index contributed by atoms with van der Waals surface area (Å²) in [7, 11) is 0. The molecule has 2 amide bonds. The van der Waals surface area contributed by atoms with Crippen LogP contribution >= 0.6 is 15.9 Å². The predicted molar refractivity (Wildman–Crippen MR) is 87.7 cm³/mol. The molecule has 0 spiro atoms. The van der Waals surface area contributed by atoms with Gasteiger partial charge in [-0.05, 0) is 31.0 Å². The second-order valence-corrected chi connectivity index (χ2v) is 6.80. The van der Waals surface area contributed by atoms with Crippen molar-refractivity contribution in [2.24, 2.45) is 5.92 Å². The van der Waals surface area contributed by atoms with Gasteiger partial charge in [-0.2, -0.15) is 0 Å². The number of likely N-dealkylation sites (tertiary alicyclic amines) is 1. The number of benzene rings is 1. The molecule has 0 aliphatic carbocycles. The van der Waals surface area contributed by atoms with Gasteiger partial charge in [0.15, 0.2) is 0 Å². The molecule has 1 heterocycles. The maximum Gasteiger partial charge on any atom is 0.255 e.